The summed E-state index contributed by atoms with van der Waals surface area (Å²) in [6, 6.07) is 52.6. The van der Waals surface area contributed by atoms with Gasteiger partial charge in [-0.1, -0.05) is 143 Å². The maximum atomic E-state index is 5.23. The third-order valence-corrected chi connectivity index (χ3v) is 8.88. The van der Waals surface area contributed by atoms with Crippen molar-refractivity contribution in [3.8, 4) is 22.4 Å². The van der Waals surface area contributed by atoms with E-state index in [1.165, 1.54) is 49.5 Å². The van der Waals surface area contributed by atoms with Crippen molar-refractivity contribution in [3.63, 3.8) is 0 Å². The zero-order valence-corrected chi connectivity index (χ0v) is 23.3. The SMILES string of the molecule is Brc1cccc(-c2nc3ccccc3c3c4c(ccc23)C(c2ccccc2)(c2ccccc2)c2ccccc2-4)c1. The van der Waals surface area contributed by atoms with Gasteiger partial charge in [-0.2, -0.15) is 0 Å². The number of para-hydroxylation sites is 1. The minimum absolute atomic E-state index is 0.428. The molecule has 40 heavy (non-hydrogen) atoms. The zero-order valence-electron chi connectivity index (χ0n) is 21.7. The molecule has 0 aliphatic heterocycles. The van der Waals surface area contributed by atoms with Crippen molar-refractivity contribution in [1.29, 1.82) is 0 Å². The molecule has 2 heteroatoms. The second kappa shape index (κ2) is 9.01. The summed E-state index contributed by atoms with van der Waals surface area (Å²) in [6.07, 6.45) is 0. The Morgan fingerprint density at radius 1 is 0.525 bits per heavy atom. The molecule has 8 rings (SSSR count). The molecular weight excluding hydrogens is 550 g/mol. The molecule has 1 aliphatic carbocycles. The van der Waals surface area contributed by atoms with Crippen molar-refractivity contribution in [3.05, 3.63) is 172 Å². The number of fused-ring (bicyclic) bond motifs is 7. The minimum atomic E-state index is -0.428. The molecule has 0 atom stereocenters. The van der Waals surface area contributed by atoms with Gasteiger partial charge in [-0.05, 0) is 51.6 Å². The largest absolute Gasteiger partial charge is 0.247 e. The lowest BCUT2D eigenvalue weighted by Gasteiger charge is -2.34. The van der Waals surface area contributed by atoms with Crippen molar-refractivity contribution in [1.82, 2.24) is 4.98 Å². The summed E-state index contributed by atoms with van der Waals surface area (Å²) in [5, 5.41) is 3.61. The highest BCUT2D eigenvalue weighted by atomic mass is 79.9. The standard InChI is InChI=1S/C38H24BrN/c39-28-17-11-12-25(24-28)37-31-22-23-33-36(35(31)30-19-8-10-21-34(30)40-37)29-18-7-9-20-32(29)38(33,26-13-3-1-4-14-26)27-15-5-2-6-16-27/h1-24H. The zero-order chi connectivity index (χ0) is 26.7. The molecule has 0 saturated heterocycles. The number of benzene rings is 6. The summed E-state index contributed by atoms with van der Waals surface area (Å²) in [5.41, 5.74) is 10.5. The van der Waals surface area contributed by atoms with Gasteiger partial charge in [0.2, 0.25) is 0 Å². The highest BCUT2D eigenvalue weighted by Gasteiger charge is 2.46. The van der Waals surface area contributed by atoms with Crippen molar-refractivity contribution < 1.29 is 0 Å². The fraction of sp³-hybridized carbons (Fsp3) is 0.0263. The van der Waals surface area contributed by atoms with Crippen molar-refractivity contribution in [2.24, 2.45) is 0 Å². The summed E-state index contributed by atoms with van der Waals surface area (Å²) in [6.45, 7) is 0. The van der Waals surface area contributed by atoms with Crippen LogP contribution in [0.1, 0.15) is 22.3 Å². The van der Waals surface area contributed by atoms with Gasteiger partial charge in [0.1, 0.15) is 0 Å². The van der Waals surface area contributed by atoms with Crippen molar-refractivity contribution in [2.45, 2.75) is 5.41 Å². The predicted molar refractivity (Wildman–Crippen MR) is 170 cm³/mol. The van der Waals surface area contributed by atoms with Crippen LogP contribution in [0.5, 0.6) is 0 Å². The first-order chi connectivity index (χ1) is 19.8. The molecule has 1 aliphatic rings. The quantitative estimate of drug-likeness (QED) is 0.191. The minimum Gasteiger partial charge on any atom is -0.247 e. The van der Waals surface area contributed by atoms with Crippen molar-refractivity contribution >= 4 is 37.6 Å². The van der Waals surface area contributed by atoms with Crippen LogP contribution in [0.15, 0.2) is 150 Å². The van der Waals surface area contributed by atoms with Crippen LogP contribution in [0.25, 0.3) is 44.1 Å². The monoisotopic (exact) mass is 573 g/mol. The average Bonchev–Trinajstić information content (AvgIpc) is 3.33. The van der Waals surface area contributed by atoms with Gasteiger partial charge in [-0.3, -0.25) is 0 Å². The Bertz CT molecular complexity index is 2020. The lowest BCUT2D eigenvalue weighted by molar-refractivity contribution is 0.769. The van der Waals surface area contributed by atoms with Gasteiger partial charge in [0.05, 0.1) is 16.6 Å². The molecule has 0 unspecified atom stereocenters. The summed E-state index contributed by atoms with van der Waals surface area (Å²) >= 11 is 3.68. The van der Waals surface area contributed by atoms with Gasteiger partial charge in [0.15, 0.2) is 0 Å². The smallest absolute Gasteiger partial charge is 0.0788 e. The average molecular weight is 575 g/mol. The first-order valence-corrected chi connectivity index (χ1v) is 14.4. The Hall–Kier alpha value is -4.53. The van der Waals surface area contributed by atoms with E-state index in [0.29, 0.717) is 0 Å². The first-order valence-electron chi connectivity index (χ1n) is 13.6. The van der Waals surface area contributed by atoms with E-state index < -0.39 is 5.41 Å². The molecule has 0 radical (unpaired) electrons. The maximum Gasteiger partial charge on any atom is 0.0788 e. The molecule has 0 spiro atoms. The molecule has 0 N–H and O–H groups in total. The van der Waals surface area contributed by atoms with Crippen LogP contribution in [0.2, 0.25) is 0 Å². The molecule has 7 aromatic rings. The second-order valence-corrected chi connectivity index (χ2v) is 11.3. The van der Waals surface area contributed by atoms with Crippen molar-refractivity contribution in [2.75, 3.05) is 0 Å². The Kier molecular flexibility index (Phi) is 5.26. The van der Waals surface area contributed by atoms with E-state index in [2.05, 4.69) is 162 Å². The molecule has 0 fully saturated rings. The number of aromatic nitrogens is 1. The first kappa shape index (κ1) is 23.4. The fourth-order valence-corrected chi connectivity index (χ4v) is 7.23. The van der Waals surface area contributed by atoms with Crippen LogP contribution in [0.3, 0.4) is 0 Å². The number of hydrogen-bond donors (Lipinski definition) is 0. The molecular formula is C38H24BrN. The topological polar surface area (TPSA) is 12.9 Å². The van der Waals surface area contributed by atoms with E-state index in [9.17, 15) is 0 Å². The molecule has 1 heterocycles. The van der Waals surface area contributed by atoms with Crippen LogP contribution < -0.4 is 0 Å². The van der Waals surface area contributed by atoms with Crippen LogP contribution in [0.4, 0.5) is 0 Å². The van der Waals surface area contributed by atoms with E-state index in [-0.39, 0.29) is 0 Å². The van der Waals surface area contributed by atoms with E-state index in [4.69, 9.17) is 4.98 Å². The van der Waals surface area contributed by atoms with Crippen LogP contribution in [-0.2, 0) is 5.41 Å². The molecule has 6 aromatic carbocycles. The number of rotatable bonds is 3. The summed E-state index contributed by atoms with van der Waals surface area (Å²) in [4.78, 5) is 5.23. The molecule has 188 valence electrons. The number of pyridine rings is 1. The van der Waals surface area contributed by atoms with Gasteiger partial charge in [0, 0.05) is 26.2 Å². The summed E-state index contributed by atoms with van der Waals surface area (Å²) in [7, 11) is 0. The highest BCUT2D eigenvalue weighted by Crippen LogP contribution is 2.58. The van der Waals surface area contributed by atoms with Gasteiger partial charge in [-0.15, -0.1) is 0 Å². The van der Waals surface area contributed by atoms with Crippen LogP contribution in [0, 0.1) is 0 Å². The van der Waals surface area contributed by atoms with Gasteiger partial charge in [-0.25, -0.2) is 4.98 Å². The van der Waals surface area contributed by atoms with E-state index in [1.807, 2.05) is 0 Å². The Labute approximate surface area is 241 Å². The Morgan fingerprint density at radius 3 is 1.95 bits per heavy atom. The fourth-order valence-electron chi connectivity index (χ4n) is 6.83. The lowest BCUT2D eigenvalue weighted by Crippen LogP contribution is -2.28. The Morgan fingerprint density at radius 2 is 1.20 bits per heavy atom. The van der Waals surface area contributed by atoms with Gasteiger partial charge in [0.25, 0.3) is 0 Å². The van der Waals surface area contributed by atoms with Gasteiger partial charge < -0.3 is 0 Å². The number of hydrogen-bond acceptors (Lipinski definition) is 1. The van der Waals surface area contributed by atoms with E-state index in [1.54, 1.807) is 0 Å². The van der Waals surface area contributed by atoms with Crippen LogP contribution in [-0.4, -0.2) is 4.98 Å². The molecule has 0 amide bonds. The normalized spacial score (nSPS) is 13.3. The molecule has 1 aromatic heterocycles. The van der Waals surface area contributed by atoms with Gasteiger partial charge >= 0.3 is 0 Å². The number of halogens is 1. The second-order valence-electron chi connectivity index (χ2n) is 10.4. The third kappa shape index (κ3) is 3.23. The molecule has 0 saturated carbocycles. The Balaban J connectivity index is 1.60. The third-order valence-electron chi connectivity index (χ3n) is 8.38. The highest BCUT2D eigenvalue weighted by molar-refractivity contribution is 9.10. The number of nitrogens with zero attached hydrogens (tertiary/aromatic N) is 1. The summed E-state index contributed by atoms with van der Waals surface area (Å²) < 4.78 is 1.05. The molecule has 1 nitrogen and oxygen atoms in total. The van der Waals surface area contributed by atoms with E-state index >= 15 is 0 Å². The lowest BCUT2D eigenvalue weighted by atomic mass is 9.67. The maximum absolute atomic E-state index is 5.23. The predicted octanol–water partition coefficient (Wildman–Crippen LogP) is 10.2. The summed E-state index contributed by atoms with van der Waals surface area (Å²) in [5.74, 6) is 0. The van der Waals surface area contributed by atoms with E-state index in [0.717, 1.165) is 21.2 Å². The van der Waals surface area contributed by atoms with Crippen LogP contribution >= 0.6 is 15.9 Å². The molecule has 0 bridgehead atoms.